The van der Waals surface area contributed by atoms with Crippen LogP contribution in [0.2, 0.25) is 5.02 Å². The van der Waals surface area contributed by atoms with Crippen LogP contribution in [0.5, 0.6) is 0 Å². The van der Waals surface area contributed by atoms with Crippen LogP contribution >= 0.6 is 23.4 Å². The van der Waals surface area contributed by atoms with E-state index in [-0.39, 0.29) is 0 Å². The van der Waals surface area contributed by atoms with Crippen molar-refractivity contribution in [2.75, 3.05) is 5.73 Å². The van der Waals surface area contributed by atoms with Crippen LogP contribution in [0.4, 0.5) is 5.69 Å². The second-order valence-corrected chi connectivity index (χ2v) is 5.11. The van der Waals surface area contributed by atoms with Crippen LogP contribution in [0, 0.1) is 6.92 Å². The van der Waals surface area contributed by atoms with Gasteiger partial charge in [-0.25, -0.2) is 4.98 Å². The van der Waals surface area contributed by atoms with Crippen LogP contribution in [-0.2, 0) is 5.75 Å². The lowest BCUT2D eigenvalue weighted by molar-refractivity contribution is 1.07. The lowest BCUT2D eigenvalue weighted by Crippen LogP contribution is -1.93. The van der Waals surface area contributed by atoms with E-state index in [0.29, 0.717) is 0 Å². The number of benzene rings is 1. The minimum absolute atomic E-state index is 0.729. The molecular formula is C13H13ClN2S. The highest BCUT2D eigenvalue weighted by atomic mass is 35.5. The van der Waals surface area contributed by atoms with Gasteiger partial charge in [0.2, 0.25) is 0 Å². The summed E-state index contributed by atoms with van der Waals surface area (Å²) >= 11 is 7.75. The van der Waals surface area contributed by atoms with Gasteiger partial charge in [-0.1, -0.05) is 29.8 Å². The zero-order valence-electron chi connectivity index (χ0n) is 9.48. The third-order valence-corrected chi connectivity index (χ3v) is 3.78. The zero-order valence-corrected chi connectivity index (χ0v) is 11.1. The number of aryl methyl sites for hydroxylation is 1. The SMILES string of the molecule is Cc1nc(SCc2ccccc2Cl)ccc1N. The molecule has 0 aliphatic rings. The smallest absolute Gasteiger partial charge is 0.0967 e. The van der Waals surface area contributed by atoms with Gasteiger partial charge >= 0.3 is 0 Å². The van der Waals surface area contributed by atoms with E-state index in [1.165, 1.54) is 0 Å². The summed E-state index contributed by atoms with van der Waals surface area (Å²) in [5.41, 5.74) is 8.45. The summed E-state index contributed by atoms with van der Waals surface area (Å²) in [6.45, 7) is 1.91. The Morgan fingerprint density at radius 1 is 1.24 bits per heavy atom. The molecule has 0 atom stereocenters. The number of nitrogen functional groups attached to an aromatic ring is 1. The van der Waals surface area contributed by atoms with Crippen LogP contribution in [-0.4, -0.2) is 4.98 Å². The summed E-state index contributed by atoms with van der Waals surface area (Å²) in [6.07, 6.45) is 0. The Labute approximate surface area is 110 Å². The first-order valence-electron chi connectivity index (χ1n) is 5.26. The molecule has 4 heteroatoms. The predicted molar refractivity (Wildman–Crippen MR) is 74.4 cm³/mol. The van der Waals surface area contributed by atoms with Crippen LogP contribution in [0.25, 0.3) is 0 Å². The largest absolute Gasteiger partial charge is 0.397 e. The van der Waals surface area contributed by atoms with E-state index in [9.17, 15) is 0 Å². The van der Waals surface area contributed by atoms with Crippen molar-refractivity contribution >= 4 is 29.1 Å². The van der Waals surface area contributed by atoms with Gasteiger partial charge in [0.15, 0.2) is 0 Å². The summed E-state index contributed by atoms with van der Waals surface area (Å²) in [5.74, 6) is 0.816. The van der Waals surface area contributed by atoms with Crippen molar-refractivity contribution in [1.82, 2.24) is 4.98 Å². The first-order chi connectivity index (χ1) is 8.16. The van der Waals surface area contributed by atoms with Crippen molar-refractivity contribution in [1.29, 1.82) is 0 Å². The van der Waals surface area contributed by atoms with Gasteiger partial charge in [0, 0.05) is 10.8 Å². The lowest BCUT2D eigenvalue weighted by Gasteiger charge is -2.05. The molecule has 0 saturated carbocycles. The number of thioether (sulfide) groups is 1. The number of aromatic nitrogens is 1. The molecule has 0 saturated heterocycles. The van der Waals surface area contributed by atoms with Crippen LogP contribution in [0.15, 0.2) is 41.4 Å². The Morgan fingerprint density at radius 3 is 2.71 bits per heavy atom. The number of hydrogen-bond donors (Lipinski definition) is 1. The third-order valence-electron chi connectivity index (χ3n) is 2.43. The maximum absolute atomic E-state index is 6.09. The van der Waals surface area contributed by atoms with Crippen molar-refractivity contribution in [3.8, 4) is 0 Å². The Bertz CT molecular complexity index is 529. The number of nitrogens with two attached hydrogens (primary N) is 1. The molecule has 1 heterocycles. The molecule has 2 nitrogen and oxygen atoms in total. The predicted octanol–water partition coefficient (Wildman–Crippen LogP) is 3.92. The number of pyridine rings is 1. The van der Waals surface area contributed by atoms with Gasteiger partial charge in [0.05, 0.1) is 16.4 Å². The van der Waals surface area contributed by atoms with Crippen molar-refractivity contribution in [2.24, 2.45) is 0 Å². The molecule has 17 heavy (non-hydrogen) atoms. The Hall–Kier alpha value is -1.19. The van der Waals surface area contributed by atoms with Gasteiger partial charge < -0.3 is 5.73 Å². The number of rotatable bonds is 3. The Balaban J connectivity index is 2.08. The number of nitrogens with zero attached hydrogens (tertiary/aromatic N) is 1. The minimum atomic E-state index is 0.729. The molecule has 2 N–H and O–H groups in total. The molecule has 0 aliphatic heterocycles. The molecule has 0 radical (unpaired) electrons. The summed E-state index contributed by atoms with van der Waals surface area (Å²) in [4.78, 5) is 4.41. The highest BCUT2D eigenvalue weighted by Crippen LogP contribution is 2.26. The van der Waals surface area contributed by atoms with E-state index in [0.717, 1.165) is 32.7 Å². The van der Waals surface area contributed by atoms with Gasteiger partial charge in [-0.15, -0.1) is 11.8 Å². The topological polar surface area (TPSA) is 38.9 Å². The van der Waals surface area contributed by atoms with Crippen LogP contribution < -0.4 is 5.73 Å². The van der Waals surface area contributed by atoms with Crippen LogP contribution in [0.3, 0.4) is 0 Å². The average Bonchev–Trinajstić information content (AvgIpc) is 2.32. The molecular weight excluding hydrogens is 252 g/mol. The van der Waals surface area contributed by atoms with Gasteiger partial charge in [-0.2, -0.15) is 0 Å². The Kier molecular flexibility index (Phi) is 3.92. The molecule has 0 unspecified atom stereocenters. The molecule has 2 rings (SSSR count). The number of anilines is 1. The molecule has 1 aromatic heterocycles. The first-order valence-corrected chi connectivity index (χ1v) is 6.62. The molecule has 0 spiro atoms. The summed E-state index contributed by atoms with van der Waals surface area (Å²) in [6, 6.07) is 11.7. The lowest BCUT2D eigenvalue weighted by atomic mass is 10.2. The second-order valence-electron chi connectivity index (χ2n) is 3.70. The molecule has 0 aliphatic carbocycles. The summed E-state index contributed by atoms with van der Waals surface area (Å²) in [7, 11) is 0. The third kappa shape index (κ3) is 3.14. The summed E-state index contributed by atoms with van der Waals surface area (Å²) < 4.78 is 0. The standard InChI is InChI=1S/C13H13ClN2S/c1-9-12(15)6-7-13(16-9)17-8-10-4-2-3-5-11(10)14/h2-7H,8,15H2,1H3. The van der Waals surface area contributed by atoms with Crippen molar-refractivity contribution < 1.29 is 0 Å². The van der Waals surface area contributed by atoms with E-state index in [2.05, 4.69) is 4.98 Å². The quantitative estimate of drug-likeness (QED) is 0.854. The molecule has 0 amide bonds. The molecule has 0 fully saturated rings. The van der Waals surface area contributed by atoms with E-state index in [1.54, 1.807) is 11.8 Å². The maximum Gasteiger partial charge on any atom is 0.0967 e. The Morgan fingerprint density at radius 2 is 2.00 bits per heavy atom. The minimum Gasteiger partial charge on any atom is -0.397 e. The van der Waals surface area contributed by atoms with E-state index < -0.39 is 0 Å². The molecule has 88 valence electrons. The summed E-state index contributed by atoms with van der Waals surface area (Å²) in [5, 5.41) is 1.77. The second kappa shape index (κ2) is 5.43. The highest BCUT2D eigenvalue weighted by Gasteiger charge is 2.02. The van der Waals surface area contributed by atoms with Crippen molar-refractivity contribution in [2.45, 2.75) is 17.7 Å². The van der Waals surface area contributed by atoms with Gasteiger partial charge in [-0.05, 0) is 30.7 Å². The van der Waals surface area contributed by atoms with Crippen molar-refractivity contribution in [3.05, 3.63) is 52.7 Å². The van der Waals surface area contributed by atoms with Gasteiger partial charge in [0.1, 0.15) is 0 Å². The normalized spacial score (nSPS) is 10.5. The van der Waals surface area contributed by atoms with E-state index >= 15 is 0 Å². The highest BCUT2D eigenvalue weighted by molar-refractivity contribution is 7.98. The molecule has 1 aromatic carbocycles. The fraction of sp³-hybridized carbons (Fsp3) is 0.154. The fourth-order valence-electron chi connectivity index (χ4n) is 1.40. The van der Waals surface area contributed by atoms with Crippen molar-refractivity contribution in [3.63, 3.8) is 0 Å². The number of hydrogen-bond acceptors (Lipinski definition) is 3. The molecule has 2 aromatic rings. The van der Waals surface area contributed by atoms with Crippen LogP contribution in [0.1, 0.15) is 11.3 Å². The average molecular weight is 265 g/mol. The molecule has 0 bridgehead atoms. The van der Waals surface area contributed by atoms with Gasteiger partial charge in [0.25, 0.3) is 0 Å². The monoisotopic (exact) mass is 264 g/mol. The van der Waals surface area contributed by atoms with E-state index in [4.69, 9.17) is 17.3 Å². The maximum atomic E-state index is 6.09. The number of halogens is 1. The van der Waals surface area contributed by atoms with Gasteiger partial charge in [-0.3, -0.25) is 0 Å². The first kappa shape index (κ1) is 12.3. The fourth-order valence-corrected chi connectivity index (χ4v) is 2.60. The van der Waals surface area contributed by atoms with E-state index in [1.807, 2.05) is 43.3 Å². The zero-order chi connectivity index (χ0) is 12.3.